The van der Waals surface area contributed by atoms with Gasteiger partial charge in [0.05, 0.1) is 17.7 Å². The summed E-state index contributed by atoms with van der Waals surface area (Å²) in [5.74, 6) is 9.73. The van der Waals surface area contributed by atoms with E-state index in [4.69, 9.17) is 15.3 Å². The molecule has 2 heterocycles. The van der Waals surface area contributed by atoms with Crippen LogP contribution in [0.4, 0.5) is 0 Å². The third-order valence-electron chi connectivity index (χ3n) is 5.44. The Kier molecular flexibility index (Phi) is 5.49. The second-order valence-corrected chi connectivity index (χ2v) is 8.07. The van der Waals surface area contributed by atoms with E-state index in [1.165, 1.54) is 37.2 Å². The number of hydrazine groups is 1. The van der Waals surface area contributed by atoms with Crippen LogP contribution in [0.5, 0.6) is 0 Å². The van der Waals surface area contributed by atoms with Gasteiger partial charge in [0.25, 0.3) is 0 Å². The van der Waals surface area contributed by atoms with Crippen LogP contribution in [0, 0.1) is 11.8 Å². The van der Waals surface area contributed by atoms with Crippen LogP contribution in [0.25, 0.3) is 0 Å². The summed E-state index contributed by atoms with van der Waals surface area (Å²) in [5.41, 5.74) is 3.24. The summed E-state index contributed by atoms with van der Waals surface area (Å²) >= 11 is 2.06. The maximum Gasteiger partial charge on any atom is 0.0772 e. The fraction of sp³-hybridized carbons (Fsp3) is 1.00. The first-order valence-electron chi connectivity index (χ1n) is 8.57. The standard InChI is InChI=1S/C16H30N2O2S/c1-2-19-15(12-3-4-12)14(18-17)13-5-8-20-16(11-13)6-9-21-10-7-16/h12-15,18H,2-11,17H2,1H3. The first kappa shape index (κ1) is 16.1. The summed E-state index contributed by atoms with van der Waals surface area (Å²) < 4.78 is 12.3. The molecule has 5 heteroatoms. The summed E-state index contributed by atoms with van der Waals surface area (Å²) in [6.45, 7) is 3.76. The van der Waals surface area contributed by atoms with Gasteiger partial charge < -0.3 is 9.47 Å². The number of rotatable bonds is 6. The van der Waals surface area contributed by atoms with Gasteiger partial charge in [-0.15, -0.1) is 0 Å². The summed E-state index contributed by atoms with van der Waals surface area (Å²) in [6, 6.07) is 0.285. The molecule has 3 unspecified atom stereocenters. The normalized spacial score (nSPS) is 32.0. The molecule has 0 bridgehead atoms. The average molecular weight is 314 g/mol. The lowest BCUT2D eigenvalue weighted by Gasteiger charge is -2.46. The second-order valence-electron chi connectivity index (χ2n) is 6.85. The molecule has 2 aliphatic heterocycles. The highest BCUT2D eigenvalue weighted by Crippen LogP contribution is 2.44. The number of nitrogens with two attached hydrogens (primary N) is 1. The number of ether oxygens (including phenoxy) is 2. The van der Waals surface area contributed by atoms with Gasteiger partial charge in [-0.05, 0) is 68.8 Å². The Hall–Kier alpha value is 0.190. The van der Waals surface area contributed by atoms with Gasteiger partial charge in [-0.25, -0.2) is 0 Å². The van der Waals surface area contributed by atoms with E-state index in [-0.39, 0.29) is 17.7 Å². The molecule has 122 valence electrons. The van der Waals surface area contributed by atoms with Gasteiger partial charge in [-0.1, -0.05) is 0 Å². The molecule has 0 amide bonds. The van der Waals surface area contributed by atoms with Crippen molar-refractivity contribution >= 4 is 11.8 Å². The Balaban J connectivity index is 1.67. The van der Waals surface area contributed by atoms with Gasteiger partial charge in [0.15, 0.2) is 0 Å². The topological polar surface area (TPSA) is 56.5 Å². The Labute approximate surface area is 132 Å². The molecule has 4 nitrogen and oxygen atoms in total. The van der Waals surface area contributed by atoms with Crippen molar-refractivity contribution in [3.05, 3.63) is 0 Å². The molecule has 0 aromatic carbocycles. The number of nitrogens with one attached hydrogen (secondary N) is 1. The number of hydrogen-bond donors (Lipinski definition) is 2. The Morgan fingerprint density at radius 3 is 2.67 bits per heavy atom. The summed E-state index contributed by atoms with van der Waals surface area (Å²) in [7, 11) is 0. The molecule has 3 atom stereocenters. The quantitative estimate of drug-likeness (QED) is 0.582. The van der Waals surface area contributed by atoms with Crippen molar-refractivity contribution in [2.24, 2.45) is 17.7 Å². The minimum absolute atomic E-state index is 0.129. The fourth-order valence-electron chi connectivity index (χ4n) is 4.11. The minimum atomic E-state index is 0.129. The van der Waals surface area contributed by atoms with Crippen LogP contribution in [0.2, 0.25) is 0 Å². The highest BCUT2D eigenvalue weighted by Gasteiger charge is 2.45. The monoisotopic (exact) mass is 314 g/mol. The molecule has 3 rings (SSSR count). The number of hydrogen-bond acceptors (Lipinski definition) is 5. The third-order valence-corrected chi connectivity index (χ3v) is 6.42. The van der Waals surface area contributed by atoms with Gasteiger partial charge in [0.1, 0.15) is 0 Å². The molecule has 1 spiro atoms. The molecule has 3 aliphatic rings. The summed E-state index contributed by atoms with van der Waals surface area (Å²) in [6.07, 6.45) is 7.56. The molecule has 3 fully saturated rings. The van der Waals surface area contributed by atoms with Crippen LogP contribution in [0.1, 0.15) is 45.4 Å². The largest absolute Gasteiger partial charge is 0.377 e. The average Bonchev–Trinajstić information content (AvgIpc) is 3.33. The zero-order valence-electron chi connectivity index (χ0n) is 13.2. The Morgan fingerprint density at radius 2 is 2.05 bits per heavy atom. The van der Waals surface area contributed by atoms with E-state index < -0.39 is 0 Å². The number of thioether (sulfide) groups is 1. The molecule has 1 aliphatic carbocycles. The van der Waals surface area contributed by atoms with Crippen molar-refractivity contribution in [3.8, 4) is 0 Å². The molecule has 21 heavy (non-hydrogen) atoms. The van der Waals surface area contributed by atoms with Crippen molar-refractivity contribution in [2.75, 3.05) is 24.7 Å². The smallest absolute Gasteiger partial charge is 0.0772 e. The van der Waals surface area contributed by atoms with Crippen molar-refractivity contribution in [1.82, 2.24) is 5.43 Å². The van der Waals surface area contributed by atoms with E-state index in [2.05, 4.69) is 24.1 Å². The predicted octanol–water partition coefficient (Wildman–Crippen LogP) is 2.33. The van der Waals surface area contributed by atoms with E-state index in [1.807, 2.05) is 0 Å². The lowest BCUT2D eigenvalue weighted by Crippen LogP contribution is -2.55. The van der Waals surface area contributed by atoms with Crippen LogP contribution < -0.4 is 11.3 Å². The molecular weight excluding hydrogens is 284 g/mol. The molecule has 0 aromatic rings. The van der Waals surface area contributed by atoms with Crippen LogP contribution in [-0.4, -0.2) is 42.5 Å². The zero-order chi connectivity index (χ0) is 14.7. The second kappa shape index (κ2) is 7.18. The lowest BCUT2D eigenvalue weighted by atomic mass is 9.77. The fourth-order valence-corrected chi connectivity index (χ4v) is 5.35. The van der Waals surface area contributed by atoms with E-state index in [9.17, 15) is 0 Å². The van der Waals surface area contributed by atoms with Gasteiger partial charge in [-0.3, -0.25) is 11.3 Å². The van der Waals surface area contributed by atoms with Crippen LogP contribution in [0.3, 0.4) is 0 Å². The summed E-state index contributed by atoms with van der Waals surface area (Å²) in [5, 5.41) is 0. The van der Waals surface area contributed by atoms with Gasteiger partial charge in [-0.2, -0.15) is 11.8 Å². The predicted molar refractivity (Wildman–Crippen MR) is 87.2 cm³/mol. The minimum Gasteiger partial charge on any atom is -0.377 e. The van der Waals surface area contributed by atoms with Crippen LogP contribution in [-0.2, 0) is 9.47 Å². The van der Waals surface area contributed by atoms with Gasteiger partial charge in [0.2, 0.25) is 0 Å². The highest BCUT2D eigenvalue weighted by molar-refractivity contribution is 7.99. The molecule has 2 saturated heterocycles. The van der Waals surface area contributed by atoms with Crippen molar-refractivity contribution in [2.45, 2.75) is 63.2 Å². The lowest BCUT2D eigenvalue weighted by molar-refractivity contribution is -0.118. The molecular formula is C16H30N2O2S. The van der Waals surface area contributed by atoms with E-state index in [0.717, 1.165) is 26.1 Å². The molecule has 0 radical (unpaired) electrons. The van der Waals surface area contributed by atoms with Crippen molar-refractivity contribution < 1.29 is 9.47 Å². The maximum absolute atomic E-state index is 6.22. The first-order chi connectivity index (χ1) is 10.3. The third kappa shape index (κ3) is 3.75. The van der Waals surface area contributed by atoms with E-state index in [0.29, 0.717) is 11.8 Å². The SMILES string of the molecule is CCOC(C1CC1)C(NN)C1CCOC2(CCSCC2)C1. The molecule has 3 N–H and O–H groups in total. The van der Waals surface area contributed by atoms with Gasteiger partial charge in [0, 0.05) is 13.2 Å². The van der Waals surface area contributed by atoms with Crippen molar-refractivity contribution in [1.29, 1.82) is 0 Å². The Morgan fingerprint density at radius 1 is 1.29 bits per heavy atom. The van der Waals surface area contributed by atoms with E-state index in [1.54, 1.807) is 0 Å². The molecule has 1 saturated carbocycles. The van der Waals surface area contributed by atoms with Crippen LogP contribution in [0.15, 0.2) is 0 Å². The first-order valence-corrected chi connectivity index (χ1v) is 9.73. The zero-order valence-corrected chi connectivity index (χ0v) is 14.0. The Bertz CT molecular complexity index is 327. The maximum atomic E-state index is 6.22. The summed E-state index contributed by atoms with van der Waals surface area (Å²) in [4.78, 5) is 0. The van der Waals surface area contributed by atoms with Crippen molar-refractivity contribution in [3.63, 3.8) is 0 Å². The highest BCUT2D eigenvalue weighted by atomic mass is 32.2. The van der Waals surface area contributed by atoms with E-state index >= 15 is 0 Å². The molecule has 0 aromatic heterocycles. The van der Waals surface area contributed by atoms with Gasteiger partial charge >= 0.3 is 0 Å². The van der Waals surface area contributed by atoms with Crippen LogP contribution >= 0.6 is 11.8 Å².